The molecule has 0 aliphatic heterocycles. The second kappa shape index (κ2) is 8.96. The minimum absolute atomic E-state index is 0.189. The highest BCUT2D eigenvalue weighted by Crippen LogP contribution is 2.17. The van der Waals surface area contributed by atoms with Crippen LogP contribution in [0.3, 0.4) is 0 Å². The predicted octanol–water partition coefficient (Wildman–Crippen LogP) is 3.02. The SMILES string of the molecule is CCCOc1nn(CCC)cc1C(=O)NCc1cccc(OC)c1. The summed E-state index contributed by atoms with van der Waals surface area (Å²) in [6.07, 6.45) is 3.56. The van der Waals surface area contributed by atoms with E-state index in [0.717, 1.165) is 30.7 Å². The Hall–Kier alpha value is -2.50. The van der Waals surface area contributed by atoms with Gasteiger partial charge in [0, 0.05) is 19.3 Å². The molecule has 1 N–H and O–H groups in total. The van der Waals surface area contributed by atoms with Gasteiger partial charge in [0.1, 0.15) is 11.3 Å². The molecule has 1 amide bonds. The van der Waals surface area contributed by atoms with Gasteiger partial charge in [-0.1, -0.05) is 26.0 Å². The molecule has 0 radical (unpaired) electrons. The number of amides is 1. The summed E-state index contributed by atoms with van der Waals surface area (Å²) in [7, 11) is 1.62. The summed E-state index contributed by atoms with van der Waals surface area (Å²) < 4.78 is 12.6. The van der Waals surface area contributed by atoms with Crippen molar-refractivity contribution in [1.82, 2.24) is 15.1 Å². The molecule has 130 valence electrons. The van der Waals surface area contributed by atoms with Crippen LogP contribution in [0.5, 0.6) is 11.6 Å². The van der Waals surface area contributed by atoms with Crippen LogP contribution >= 0.6 is 0 Å². The first-order valence-electron chi connectivity index (χ1n) is 8.29. The zero-order valence-corrected chi connectivity index (χ0v) is 14.5. The van der Waals surface area contributed by atoms with Crippen LogP contribution in [0.4, 0.5) is 0 Å². The van der Waals surface area contributed by atoms with Gasteiger partial charge < -0.3 is 14.8 Å². The molecule has 1 aromatic heterocycles. The lowest BCUT2D eigenvalue weighted by molar-refractivity contribution is 0.0946. The molecule has 0 spiro atoms. The number of nitrogens with one attached hydrogen (secondary N) is 1. The minimum Gasteiger partial charge on any atom is -0.497 e. The molecule has 0 aliphatic carbocycles. The number of carbonyl (C=O) groups excluding carboxylic acids is 1. The third kappa shape index (κ3) is 4.75. The van der Waals surface area contributed by atoms with E-state index in [-0.39, 0.29) is 5.91 Å². The van der Waals surface area contributed by atoms with Gasteiger partial charge in [0.2, 0.25) is 5.88 Å². The van der Waals surface area contributed by atoms with E-state index in [1.54, 1.807) is 18.0 Å². The quantitative estimate of drug-likeness (QED) is 0.767. The van der Waals surface area contributed by atoms with Crippen LogP contribution in [0.2, 0.25) is 0 Å². The van der Waals surface area contributed by atoms with Crippen molar-refractivity contribution in [2.24, 2.45) is 0 Å². The number of ether oxygens (including phenoxy) is 2. The second-order valence-electron chi connectivity index (χ2n) is 5.49. The fourth-order valence-electron chi connectivity index (χ4n) is 2.27. The van der Waals surface area contributed by atoms with Crippen molar-refractivity contribution in [3.8, 4) is 11.6 Å². The molecule has 0 fully saturated rings. The molecule has 0 unspecified atom stereocenters. The number of hydrogen-bond donors (Lipinski definition) is 1. The van der Waals surface area contributed by atoms with Crippen molar-refractivity contribution in [3.05, 3.63) is 41.6 Å². The normalized spacial score (nSPS) is 10.5. The number of rotatable bonds is 9. The van der Waals surface area contributed by atoms with Gasteiger partial charge in [-0.15, -0.1) is 5.10 Å². The Balaban J connectivity index is 2.06. The Kier molecular flexibility index (Phi) is 6.66. The first-order chi connectivity index (χ1) is 11.7. The fourth-order valence-corrected chi connectivity index (χ4v) is 2.27. The lowest BCUT2D eigenvalue weighted by Crippen LogP contribution is -2.23. The summed E-state index contributed by atoms with van der Waals surface area (Å²) in [5.74, 6) is 0.976. The summed E-state index contributed by atoms with van der Waals surface area (Å²) in [5.41, 5.74) is 1.44. The van der Waals surface area contributed by atoms with Crippen molar-refractivity contribution in [3.63, 3.8) is 0 Å². The molecule has 2 aromatic rings. The van der Waals surface area contributed by atoms with Gasteiger partial charge in [-0.05, 0) is 30.5 Å². The molecule has 6 heteroatoms. The summed E-state index contributed by atoms with van der Waals surface area (Å²) in [5, 5.41) is 7.27. The van der Waals surface area contributed by atoms with Gasteiger partial charge in [-0.25, -0.2) is 0 Å². The highest BCUT2D eigenvalue weighted by Gasteiger charge is 2.17. The number of methoxy groups -OCH3 is 1. The van der Waals surface area contributed by atoms with Crippen molar-refractivity contribution >= 4 is 5.91 Å². The first-order valence-corrected chi connectivity index (χ1v) is 8.29. The Bertz CT molecular complexity index is 667. The summed E-state index contributed by atoms with van der Waals surface area (Å²) >= 11 is 0. The molecule has 0 aliphatic rings. The van der Waals surface area contributed by atoms with Crippen LogP contribution in [-0.2, 0) is 13.1 Å². The van der Waals surface area contributed by atoms with Gasteiger partial charge in [0.05, 0.1) is 13.7 Å². The first kappa shape index (κ1) is 17.8. The maximum atomic E-state index is 12.5. The molecule has 24 heavy (non-hydrogen) atoms. The van der Waals surface area contributed by atoms with E-state index in [2.05, 4.69) is 17.3 Å². The molecule has 0 bridgehead atoms. The topological polar surface area (TPSA) is 65.4 Å². The Morgan fingerprint density at radius 2 is 2.12 bits per heavy atom. The number of benzene rings is 1. The Morgan fingerprint density at radius 1 is 1.29 bits per heavy atom. The third-order valence-electron chi connectivity index (χ3n) is 3.46. The molecule has 0 atom stereocenters. The maximum absolute atomic E-state index is 12.5. The van der Waals surface area contributed by atoms with E-state index in [9.17, 15) is 4.79 Å². The molecule has 1 heterocycles. The van der Waals surface area contributed by atoms with Gasteiger partial charge >= 0.3 is 0 Å². The molecular weight excluding hydrogens is 306 g/mol. The zero-order valence-electron chi connectivity index (χ0n) is 14.5. The smallest absolute Gasteiger partial charge is 0.258 e. The molecular formula is C18H25N3O3. The molecule has 0 saturated heterocycles. The lowest BCUT2D eigenvalue weighted by Gasteiger charge is -2.07. The number of carbonyl (C=O) groups is 1. The van der Waals surface area contributed by atoms with E-state index in [1.807, 2.05) is 31.2 Å². The van der Waals surface area contributed by atoms with Crippen LogP contribution in [0, 0.1) is 0 Å². The number of aromatic nitrogens is 2. The average Bonchev–Trinajstić information content (AvgIpc) is 3.01. The van der Waals surface area contributed by atoms with Gasteiger partial charge in [-0.3, -0.25) is 9.48 Å². The van der Waals surface area contributed by atoms with Crippen LogP contribution in [0.1, 0.15) is 42.6 Å². The summed E-state index contributed by atoms with van der Waals surface area (Å²) in [6, 6.07) is 7.61. The van der Waals surface area contributed by atoms with Crippen LogP contribution < -0.4 is 14.8 Å². The zero-order chi connectivity index (χ0) is 17.4. The van der Waals surface area contributed by atoms with E-state index in [4.69, 9.17) is 9.47 Å². The standard InChI is InChI=1S/C18H25N3O3/c1-4-9-21-13-16(18(20-21)24-10-5-2)17(22)19-12-14-7-6-8-15(11-14)23-3/h6-8,11,13H,4-5,9-10,12H2,1-3H3,(H,19,22). The van der Waals surface area contributed by atoms with Crippen LogP contribution in [0.15, 0.2) is 30.5 Å². The van der Waals surface area contributed by atoms with Crippen molar-refractivity contribution < 1.29 is 14.3 Å². The summed E-state index contributed by atoms with van der Waals surface area (Å²) in [4.78, 5) is 12.5. The Morgan fingerprint density at radius 3 is 2.83 bits per heavy atom. The average molecular weight is 331 g/mol. The van der Waals surface area contributed by atoms with Crippen molar-refractivity contribution in [2.75, 3.05) is 13.7 Å². The van der Waals surface area contributed by atoms with Crippen LogP contribution in [0.25, 0.3) is 0 Å². The van der Waals surface area contributed by atoms with E-state index in [0.29, 0.717) is 24.6 Å². The highest BCUT2D eigenvalue weighted by atomic mass is 16.5. The Labute approximate surface area is 142 Å². The largest absolute Gasteiger partial charge is 0.497 e. The molecule has 6 nitrogen and oxygen atoms in total. The minimum atomic E-state index is -0.189. The number of hydrogen-bond acceptors (Lipinski definition) is 4. The lowest BCUT2D eigenvalue weighted by atomic mass is 10.2. The highest BCUT2D eigenvalue weighted by molar-refractivity contribution is 5.96. The van der Waals surface area contributed by atoms with Crippen LogP contribution in [-0.4, -0.2) is 29.4 Å². The monoisotopic (exact) mass is 331 g/mol. The van der Waals surface area contributed by atoms with Crippen molar-refractivity contribution in [2.45, 2.75) is 39.8 Å². The number of aryl methyl sites for hydroxylation is 1. The van der Waals surface area contributed by atoms with Gasteiger partial charge in [-0.2, -0.15) is 0 Å². The van der Waals surface area contributed by atoms with Gasteiger partial charge in [0.15, 0.2) is 0 Å². The fraction of sp³-hybridized carbons (Fsp3) is 0.444. The third-order valence-corrected chi connectivity index (χ3v) is 3.46. The maximum Gasteiger partial charge on any atom is 0.258 e. The second-order valence-corrected chi connectivity index (χ2v) is 5.49. The van der Waals surface area contributed by atoms with E-state index in [1.165, 1.54) is 0 Å². The van der Waals surface area contributed by atoms with E-state index < -0.39 is 0 Å². The summed E-state index contributed by atoms with van der Waals surface area (Å²) in [6.45, 7) is 5.80. The van der Waals surface area contributed by atoms with Gasteiger partial charge in [0.25, 0.3) is 5.91 Å². The molecule has 0 saturated carbocycles. The van der Waals surface area contributed by atoms with E-state index >= 15 is 0 Å². The van der Waals surface area contributed by atoms with Crippen molar-refractivity contribution in [1.29, 1.82) is 0 Å². The molecule has 1 aromatic carbocycles. The molecule has 2 rings (SSSR count). The predicted molar refractivity (Wildman–Crippen MR) is 92.5 cm³/mol. The number of nitrogens with zero attached hydrogens (tertiary/aromatic N) is 2.